The van der Waals surface area contributed by atoms with E-state index in [1.807, 2.05) is 0 Å². The quantitative estimate of drug-likeness (QED) is 0.666. The minimum atomic E-state index is -1.37. The van der Waals surface area contributed by atoms with Gasteiger partial charge in [0.15, 0.2) is 11.6 Å². The molecule has 0 saturated heterocycles. The van der Waals surface area contributed by atoms with E-state index >= 15 is 0 Å². The first-order valence-corrected chi connectivity index (χ1v) is 4.88. The number of methoxy groups -OCH3 is 1. The van der Waals surface area contributed by atoms with Crippen LogP contribution in [0.4, 0.5) is 14.5 Å². The first-order valence-electron chi connectivity index (χ1n) is 4.88. The average Bonchev–Trinajstić information content (AvgIpc) is 2.43. The van der Waals surface area contributed by atoms with Crippen LogP contribution in [0.1, 0.15) is 10.4 Å². The molecule has 0 heterocycles. The number of ether oxygens (including phenoxy) is 1. The molecule has 0 saturated carbocycles. The summed E-state index contributed by atoms with van der Waals surface area (Å²) in [5, 5.41) is 19.2. The van der Waals surface area contributed by atoms with Gasteiger partial charge >= 0.3 is 5.97 Å². The number of hydrogen-bond acceptors (Lipinski definition) is 5. The van der Waals surface area contributed by atoms with E-state index < -0.39 is 23.2 Å². The van der Waals surface area contributed by atoms with Crippen LogP contribution >= 0.6 is 0 Å². The third-order valence-corrected chi connectivity index (χ3v) is 2.10. The summed E-state index contributed by atoms with van der Waals surface area (Å²) >= 11 is 0. The zero-order valence-electron chi connectivity index (χ0n) is 9.70. The lowest BCUT2D eigenvalue weighted by Crippen LogP contribution is -2.07. The number of anilines is 1. The third-order valence-electron chi connectivity index (χ3n) is 2.10. The van der Waals surface area contributed by atoms with Crippen molar-refractivity contribution in [1.29, 1.82) is 10.5 Å². The first-order chi connectivity index (χ1) is 9.04. The monoisotopic (exact) mass is 263 g/mol. The highest BCUT2D eigenvalue weighted by Crippen LogP contribution is 2.21. The Hall–Kier alpha value is -2.93. The van der Waals surface area contributed by atoms with Gasteiger partial charge in [0, 0.05) is 6.20 Å². The van der Waals surface area contributed by atoms with Crippen LogP contribution in [0.25, 0.3) is 0 Å². The Morgan fingerprint density at radius 3 is 2.47 bits per heavy atom. The van der Waals surface area contributed by atoms with Crippen LogP contribution in [-0.4, -0.2) is 13.1 Å². The van der Waals surface area contributed by atoms with Crippen LogP contribution < -0.4 is 5.32 Å². The molecule has 0 aromatic heterocycles. The maximum absolute atomic E-state index is 13.6. The number of nitrogens with one attached hydrogen (secondary N) is 1. The van der Waals surface area contributed by atoms with Gasteiger partial charge in [-0.15, -0.1) is 0 Å². The Balaban J connectivity index is 3.12. The third kappa shape index (κ3) is 3.05. The lowest BCUT2D eigenvalue weighted by molar-refractivity contribution is 0.0594. The van der Waals surface area contributed by atoms with Crippen LogP contribution in [-0.2, 0) is 4.74 Å². The maximum Gasteiger partial charge on any atom is 0.340 e. The van der Waals surface area contributed by atoms with Crippen LogP contribution in [0.15, 0.2) is 23.9 Å². The predicted octanol–water partition coefficient (Wildman–Crippen LogP) is 2.09. The molecule has 0 amide bonds. The number of rotatable bonds is 3. The second-order valence-electron chi connectivity index (χ2n) is 3.21. The molecule has 0 radical (unpaired) electrons. The van der Waals surface area contributed by atoms with Crippen LogP contribution in [0.3, 0.4) is 0 Å². The summed E-state index contributed by atoms with van der Waals surface area (Å²) in [5.41, 5.74) is -1.17. The van der Waals surface area contributed by atoms with Crippen molar-refractivity contribution in [1.82, 2.24) is 0 Å². The Morgan fingerprint density at radius 2 is 1.95 bits per heavy atom. The second-order valence-corrected chi connectivity index (χ2v) is 3.21. The molecule has 1 rings (SSSR count). The van der Waals surface area contributed by atoms with Gasteiger partial charge in [0.05, 0.1) is 18.4 Å². The summed E-state index contributed by atoms with van der Waals surface area (Å²) in [6.07, 6.45) is 0.926. The van der Waals surface area contributed by atoms with Gasteiger partial charge in [-0.25, -0.2) is 13.6 Å². The molecule has 0 atom stereocenters. The Morgan fingerprint density at radius 1 is 1.32 bits per heavy atom. The highest BCUT2D eigenvalue weighted by molar-refractivity contribution is 5.90. The summed E-state index contributed by atoms with van der Waals surface area (Å²) in [7, 11) is 1.04. The molecule has 0 bridgehead atoms. The van der Waals surface area contributed by atoms with E-state index in [2.05, 4.69) is 10.1 Å². The number of allylic oxidation sites excluding steroid dienone is 1. The van der Waals surface area contributed by atoms with Crippen molar-refractivity contribution in [2.45, 2.75) is 0 Å². The summed E-state index contributed by atoms with van der Waals surface area (Å²) in [6.45, 7) is 0. The van der Waals surface area contributed by atoms with Crippen LogP contribution in [0.5, 0.6) is 0 Å². The standard InChI is InChI=1S/C12H7F2N3O2/c1-19-12(18)8-2-3-9(11(14)10(8)13)17-6-7(4-15)5-16/h2-3,6,17H,1H3. The number of halogens is 2. The topological polar surface area (TPSA) is 85.9 Å². The maximum atomic E-state index is 13.6. The second kappa shape index (κ2) is 6.12. The molecular weight excluding hydrogens is 256 g/mol. The lowest BCUT2D eigenvalue weighted by Gasteiger charge is -2.06. The van der Waals surface area contributed by atoms with E-state index in [-0.39, 0.29) is 11.3 Å². The van der Waals surface area contributed by atoms with Gasteiger partial charge in [-0.2, -0.15) is 10.5 Å². The molecule has 7 heteroatoms. The average molecular weight is 263 g/mol. The number of benzene rings is 1. The molecule has 19 heavy (non-hydrogen) atoms. The largest absolute Gasteiger partial charge is 0.465 e. The Labute approximate surface area is 107 Å². The molecule has 0 spiro atoms. The van der Waals surface area contributed by atoms with Crippen LogP contribution in [0, 0.1) is 34.3 Å². The van der Waals surface area contributed by atoms with Crippen molar-refractivity contribution < 1.29 is 18.3 Å². The van der Waals surface area contributed by atoms with Crippen molar-refractivity contribution in [3.8, 4) is 12.1 Å². The van der Waals surface area contributed by atoms with Crippen molar-refractivity contribution >= 4 is 11.7 Å². The van der Waals surface area contributed by atoms with Crippen molar-refractivity contribution in [3.63, 3.8) is 0 Å². The van der Waals surface area contributed by atoms with E-state index in [0.29, 0.717) is 0 Å². The van der Waals surface area contributed by atoms with Crippen molar-refractivity contribution in [2.75, 3.05) is 12.4 Å². The minimum absolute atomic E-state index is 0.308. The lowest BCUT2D eigenvalue weighted by atomic mass is 10.2. The molecule has 0 aliphatic rings. The number of carbonyl (C=O) groups excluding carboxylic acids is 1. The smallest absolute Gasteiger partial charge is 0.340 e. The first kappa shape index (κ1) is 14.1. The van der Waals surface area contributed by atoms with Crippen molar-refractivity contribution in [2.24, 2.45) is 0 Å². The summed E-state index contributed by atoms with van der Waals surface area (Å²) in [6, 6.07) is 5.20. The SMILES string of the molecule is COC(=O)c1ccc(NC=C(C#N)C#N)c(F)c1F. The van der Waals surface area contributed by atoms with Gasteiger partial charge in [-0.05, 0) is 12.1 Å². The molecule has 0 fully saturated rings. The highest BCUT2D eigenvalue weighted by Gasteiger charge is 2.18. The molecule has 96 valence electrons. The van der Waals surface area contributed by atoms with Gasteiger partial charge in [0.25, 0.3) is 0 Å². The molecule has 0 aliphatic heterocycles. The minimum Gasteiger partial charge on any atom is -0.465 e. The van der Waals surface area contributed by atoms with E-state index in [1.165, 1.54) is 0 Å². The molecule has 0 unspecified atom stereocenters. The fourth-order valence-corrected chi connectivity index (χ4v) is 1.17. The number of nitriles is 2. The number of carbonyl (C=O) groups is 1. The van der Waals surface area contributed by atoms with Gasteiger partial charge in [0.1, 0.15) is 17.7 Å². The van der Waals surface area contributed by atoms with Gasteiger partial charge in [-0.3, -0.25) is 0 Å². The molecule has 1 aromatic rings. The normalized spacial score (nSPS) is 8.89. The summed E-state index contributed by atoms with van der Waals surface area (Å²) in [5.74, 6) is -3.69. The zero-order valence-corrected chi connectivity index (χ0v) is 9.70. The van der Waals surface area contributed by atoms with Gasteiger partial charge in [0.2, 0.25) is 0 Å². The number of hydrogen-bond donors (Lipinski definition) is 1. The fraction of sp³-hybridized carbons (Fsp3) is 0.0833. The van der Waals surface area contributed by atoms with E-state index in [9.17, 15) is 13.6 Å². The Bertz CT molecular complexity index is 611. The highest BCUT2D eigenvalue weighted by atomic mass is 19.2. The number of nitrogens with zero attached hydrogens (tertiary/aromatic N) is 2. The fourth-order valence-electron chi connectivity index (χ4n) is 1.17. The van der Waals surface area contributed by atoms with Crippen LogP contribution in [0.2, 0.25) is 0 Å². The Kier molecular flexibility index (Phi) is 4.56. The van der Waals surface area contributed by atoms with E-state index in [1.54, 1.807) is 12.1 Å². The molecule has 1 N–H and O–H groups in total. The zero-order chi connectivity index (χ0) is 14.4. The van der Waals surface area contributed by atoms with Gasteiger partial charge in [-0.1, -0.05) is 0 Å². The molecular formula is C12H7F2N3O2. The van der Waals surface area contributed by atoms with E-state index in [0.717, 1.165) is 25.4 Å². The molecule has 1 aromatic carbocycles. The predicted molar refractivity (Wildman–Crippen MR) is 60.6 cm³/mol. The van der Waals surface area contributed by atoms with Gasteiger partial charge < -0.3 is 10.1 Å². The molecule has 5 nitrogen and oxygen atoms in total. The van der Waals surface area contributed by atoms with E-state index in [4.69, 9.17) is 10.5 Å². The molecule has 0 aliphatic carbocycles. The summed E-state index contributed by atoms with van der Waals surface area (Å²) < 4.78 is 31.4. The summed E-state index contributed by atoms with van der Waals surface area (Å²) in [4.78, 5) is 11.1. The number of esters is 1. The van der Waals surface area contributed by atoms with Crippen molar-refractivity contribution in [3.05, 3.63) is 41.1 Å².